The van der Waals surface area contributed by atoms with Gasteiger partial charge in [-0.2, -0.15) is 0 Å². The Kier molecular flexibility index (Phi) is 3.27. The van der Waals surface area contributed by atoms with Crippen molar-refractivity contribution in [2.75, 3.05) is 0 Å². The van der Waals surface area contributed by atoms with Crippen LogP contribution in [0, 0.1) is 0 Å². The highest BCUT2D eigenvalue weighted by Gasteiger charge is 2.06. The summed E-state index contributed by atoms with van der Waals surface area (Å²) in [6, 6.07) is 11.2. The van der Waals surface area contributed by atoms with Gasteiger partial charge in [0.2, 0.25) is 0 Å². The third-order valence-corrected chi connectivity index (χ3v) is 2.49. The predicted molar refractivity (Wildman–Crippen MR) is 62.1 cm³/mol. The average Bonchev–Trinajstić information content (AvgIpc) is 2.79. The lowest BCUT2D eigenvalue weighted by Gasteiger charge is -2.11. The zero-order valence-electron chi connectivity index (χ0n) is 9.18. The van der Waals surface area contributed by atoms with Gasteiger partial charge in [0.25, 0.3) is 0 Å². The van der Waals surface area contributed by atoms with Gasteiger partial charge in [-0.05, 0) is 36.8 Å². The normalized spacial score (nSPS) is 12.6. The van der Waals surface area contributed by atoms with Gasteiger partial charge in [0.15, 0.2) is 0 Å². The lowest BCUT2D eigenvalue weighted by Crippen LogP contribution is -2.17. The molecule has 0 bridgehead atoms. The smallest absolute Gasteiger partial charge is 0.120 e. The number of phenols is 1. The first-order valence-electron chi connectivity index (χ1n) is 5.30. The monoisotopic (exact) mass is 217 g/mol. The molecule has 84 valence electrons. The summed E-state index contributed by atoms with van der Waals surface area (Å²) in [5.41, 5.74) is 1.05. The Labute approximate surface area is 94.7 Å². The van der Waals surface area contributed by atoms with E-state index in [1.165, 1.54) is 0 Å². The lowest BCUT2D eigenvalue weighted by molar-refractivity contribution is 0.429. The molecule has 16 heavy (non-hydrogen) atoms. The molecule has 0 amide bonds. The van der Waals surface area contributed by atoms with E-state index in [1.807, 2.05) is 31.2 Å². The number of phenolic OH excluding ortho intramolecular Hbond substituents is 1. The summed E-state index contributed by atoms with van der Waals surface area (Å²) in [7, 11) is 0. The first kappa shape index (κ1) is 10.8. The topological polar surface area (TPSA) is 45.4 Å². The van der Waals surface area contributed by atoms with Gasteiger partial charge in [-0.1, -0.05) is 12.1 Å². The minimum Gasteiger partial charge on any atom is -0.508 e. The van der Waals surface area contributed by atoms with Gasteiger partial charge < -0.3 is 14.8 Å². The highest BCUT2D eigenvalue weighted by Crippen LogP contribution is 2.15. The van der Waals surface area contributed by atoms with Crippen LogP contribution in [-0.4, -0.2) is 5.11 Å². The Morgan fingerprint density at radius 3 is 2.88 bits per heavy atom. The fraction of sp³-hybridized carbons (Fsp3) is 0.231. The van der Waals surface area contributed by atoms with Gasteiger partial charge in [0.1, 0.15) is 11.5 Å². The molecule has 0 fully saturated rings. The van der Waals surface area contributed by atoms with Crippen molar-refractivity contribution in [1.82, 2.24) is 5.32 Å². The van der Waals surface area contributed by atoms with Crippen LogP contribution in [0.3, 0.4) is 0 Å². The van der Waals surface area contributed by atoms with Crippen molar-refractivity contribution < 1.29 is 9.52 Å². The van der Waals surface area contributed by atoms with E-state index in [-0.39, 0.29) is 6.04 Å². The van der Waals surface area contributed by atoms with Gasteiger partial charge in [-0.3, -0.25) is 0 Å². The Balaban J connectivity index is 1.92. The largest absolute Gasteiger partial charge is 0.508 e. The minimum atomic E-state index is 0.164. The molecule has 0 spiro atoms. The highest BCUT2D eigenvalue weighted by molar-refractivity contribution is 5.27. The van der Waals surface area contributed by atoms with Crippen molar-refractivity contribution in [3.8, 4) is 5.75 Å². The van der Waals surface area contributed by atoms with Crippen LogP contribution in [0.5, 0.6) is 5.75 Å². The second-order valence-electron chi connectivity index (χ2n) is 3.79. The molecule has 1 aromatic heterocycles. The molecular formula is C13H15NO2. The Morgan fingerprint density at radius 1 is 1.31 bits per heavy atom. The average molecular weight is 217 g/mol. The van der Waals surface area contributed by atoms with Crippen LogP contribution in [0.25, 0.3) is 0 Å². The third-order valence-electron chi connectivity index (χ3n) is 2.49. The molecule has 2 N–H and O–H groups in total. The molecule has 3 heteroatoms. The fourth-order valence-electron chi connectivity index (χ4n) is 1.58. The van der Waals surface area contributed by atoms with Crippen molar-refractivity contribution in [2.45, 2.75) is 19.5 Å². The van der Waals surface area contributed by atoms with Crippen molar-refractivity contribution in [2.24, 2.45) is 0 Å². The van der Waals surface area contributed by atoms with Crippen LogP contribution in [0.2, 0.25) is 0 Å². The quantitative estimate of drug-likeness (QED) is 0.827. The summed E-state index contributed by atoms with van der Waals surface area (Å²) in [4.78, 5) is 0. The van der Waals surface area contributed by atoms with E-state index in [1.54, 1.807) is 18.4 Å². The molecule has 3 nitrogen and oxygen atoms in total. The molecule has 0 radical (unpaired) electrons. The Morgan fingerprint density at radius 2 is 2.19 bits per heavy atom. The molecule has 2 rings (SSSR count). The summed E-state index contributed by atoms with van der Waals surface area (Å²) in [5.74, 6) is 1.21. The summed E-state index contributed by atoms with van der Waals surface area (Å²) in [6.07, 6.45) is 1.67. The van der Waals surface area contributed by atoms with E-state index in [2.05, 4.69) is 5.32 Å². The van der Waals surface area contributed by atoms with E-state index in [9.17, 15) is 5.11 Å². The third kappa shape index (κ3) is 2.64. The summed E-state index contributed by atoms with van der Waals surface area (Å²) in [6.45, 7) is 2.75. The second-order valence-corrected chi connectivity index (χ2v) is 3.79. The molecule has 1 unspecified atom stereocenters. The number of benzene rings is 1. The number of nitrogens with one attached hydrogen (secondary N) is 1. The molecule has 0 saturated heterocycles. The number of aromatic hydroxyl groups is 1. The minimum absolute atomic E-state index is 0.164. The van der Waals surface area contributed by atoms with Crippen LogP contribution < -0.4 is 5.32 Å². The molecule has 2 aromatic rings. The van der Waals surface area contributed by atoms with Gasteiger partial charge in [0, 0.05) is 6.54 Å². The van der Waals surface area contributed by atoms with Crippen LogP contribution in [-0.2, 0) is 6.54 Å². The van der Waals surface area contributed by atoms with Gasteiger partial charge >= 0.3 is 0 Å². The van der Waals surface area contributed by atoms with Gasteiger partial charge in [-0.25, -0.2) is 0 Å². The van der Waals surface area contributed by atoms with E-state index in [0.29, 0.717) is 12.3 Å². The van der Waals surface area contributed by atoms with Crippen LogP contribution in [0.1, 0.15) is 24.3 Å². The summed E-state index contributed by atoms with van der Waals surface area (Å²) in [5, 5.41) is 12.6. The standard InChI is InChI=1S/C13H15NO2/c1-10(13-6-3-7-16-13)14-9-11-4-2-5-12(15)8-11/h2-8,10,14-15H,9H2,1H3. The molecule has 0 aliphatic heterocycles. The molecule has 0 saturated carbocycles. The number of hydrogen-bond donors (Lipinski definition) is 2. The number of hydrogen-bond acceptors (Lipinski definition) is 3. The number of furan rings is 1. The maximum atomic E-state index is 9.32. The maximum absolute atomic E-state index is 9.32. The Hall–Kier alpha value is -1.74. The summed E-state index contributed by atoms with van der Waals surface area (Å²) < 4.78 is 5.30. The lowest BCUT2D eigenvalue weighted by atomic mass is 10.2. The maximum Gasteiger partial charge on any atom is 0.120 e. The molecule has 1 heterocycles. The van der Waals surface area contributed by atoms with Crippen molar-refractivity contribution >= 4 is 0 Å². The first-order valence-corrected chi connectivity index (χ1v) is 5.30. The molecule has 1 aromatic carbocycles. The van der Waals surface area contributed by atoms with E-state index in [0.717, 1.165) is 11.3 Å². The molecule has 1 atom stereocenters. The van der Waals surface area contributed by atoms with Crippen molar-refractivity contribution in [3.63, 3.8) is 0 Å². The van der Waals surface area contributed by atoms with Gasteiger partial charge in [-0.15, -0.1) is 0 Å². The predicted octanol–water partition coefficient (Wildman–Crippen LogP) is 2.84. The Bertz CT molecular complexity index is 437. The van der Waals surface area contributed by atoms with Crippen molar-refractivity contribution in [1.29, 1.82) is 0 Å². The SMILES string of the molecule is CC(NCc1cccc(O)c1)c1ccco1. The molecular weight excluding hydrogens is 202 g/mol. The number of rotatable bonds is 4. The van der Waals surface area contributed by atoms with E-state index < -0.39 is 0 Å². The highest BCUT2D eigenvalue weighted by atomic mass is 16.3. The van der Waals surface area contributed by atoms with Crippen LogP contribution in [0.15, 0.2) is 47.1 Å². The zero-order valence-corrected chi connectivity index (χ0v) is 9.18. The van der Waals surface area contributed by atoms with E-state index in [4.69, 9.17) is 4.42 Å². The van der Waals surface area contributed by atoms with Crippen LogP contribution in [0.4, 0.5) is 0 Å². The second kappa shape index (κ2) is 4.86. The first-order chi connectivity index (χ1) is 7.75. The van der Waals surface area contributed by atoms with Gasteiger partial charge in [0.05, 0.1) is 12.3 Å². The fourth-order valence-corrected chi connectivity index (χ4v) is 1.58. The zero-order chi connectivity index (χ0) is 11.4. The van der Waals surface area contributed by atoms with Crippen LogP contribution >= 0.6 is 0 Å². The molecule has 0 aliphatic rings. The molecule has 0 aliphatic carbocycles. The van der Waals surface area contributed by atoms with E-state index >= 15 is 0 Å². The summed E-state index contributed by atoms with van der Waals surface area (Å²) >= 11 is 0. The van der Waals surface area contributed by atoms with Crippen molar-refractivity contribution in [3.05, 3.63) is 54.0 Å².